The Hall–Kier alpha value is -4.44. The molecular weight excluding hydrogens is 452 g/mol. The Bertz CT molecular complexity index is 1470. The van der Waals surface area contributed by atoms with Gasteiger partial charge in [0.05, 0.1) is 23.3 Å². The standard InChI is InChI=1S/C33H26N2Si/c1-3-36(2)32(28-20-12-10-18-26(28)22-34)30(24-14-6-4-7-15-24)31(25-16-8-5-9-17-25)33(36)29-21-13-11-19-27(29)23-35/h4-21H,3H2,1-2H3. The summed E-state index contributed by atoms with van der Waals surface area (Å²) in [4.78, 5) is 0. The summed E-state index contributed by atoms with van der Waals surface area (Å²) < 4.78 is 0. The highest BCUT2D eigenvalue weighted by molar-refractivity contribution is 7.14. The van der Waals surface area contributed by atoms with Gasteiger partial charge >= 0.3 is 0 Å². The zero-order valence-corrected chi connectivity index (χ0v) is 21.5. The highest BCUT2D eigenvalue weighted by Gasteiger charge is 2.46. The molecule has 0 atom stereocenters. The van der Waals surface area contributed by atoms with Crippen LogP contribution in [0.2, 0.25) is 12.6 Å². The molecule has 0 N–H and O–H groups in total. The van der Waals surface area contributed by atoms with Gasteiger partial charge in [-0.3, -0.25) is 0 Å². The van der Waals surface area contributed by atoms with E-state index in [0.29, 0.717) is 11.1 Å². The van der Waals surface area contributed by atoms with E-state index in [1.807, 2.05) is 48.5 Å². The Morgan fingerprint density at radius 3 is 1.28 bits per heavy atom. The normalized spacial score (nSPS) is 14.4. The number of allylic oxidation sites excluding steroid dienone is 2. The molecule has 4 aromatic carbocycles. The van der Waals surface area contributed by atoms with Gasteiger partial charge in [-0.05, 0) is 55.9 Å². The fraction of sp³-hybridized carbons (Fsp3) is 0.0909. The summed E-state index contributed by atoms with van der Waals surface area (Å²) >= 11 is 0. The second-order valence-electron chi connectivity index (χ2n) is 9.23. The van der Waals surface area contributed by atoms with Gasteiger partial charge in [-0.1, -0.05) is 117 Å². The minimum absolute atomic E-state index is 0.690. The maximum atomic E-state index is 10.1. The highest BCUT2D eigenvalue weighted by Crippen LogP contribution is 2.57. The van der Waals surface area contributed by atoms with Crippen molar-refractivity contribution in [2.24, 2.45) is 0 Å². The summed E-state index contributed by atoms with van der Waals surface area (Å²) in [6.45, 7) is 4.66. The van der Waals surface area contributed by atoms with E-state index in [1.54, 1.807) is 0 Å². The minimum Gasteiger partial charge on any atom is -0.192 e. The summed E-state index contributed by atoms with van der Waals surface area (Å²) in [7, 11) is -2.43. The van der Waals surface area contributed by atoms with Gasteiger partial charge in [-0.15, -0.1) is 0 Å². The first-order valence-electron chi connectivity index (χ1n) is 12.2. The third-order valence-corrected chi connectivity index (χ3v) is 12.0. The first-order chi connectivity index (χ1) is 17.6. The number of nitriles is 2. The molecule has 0 fully saturated rings. The molecule has 0 saturated carbocycles. The predicted octanol–water partition coefficient (Wildman–Crippen LogP) is 8.14. The van der Waals surface area contributed by atoms with Crippen molar-refractivity contribution >= 4 is 29.6 Å². The zero-order chi connectivity index (χ0) is 25.1. The number of rotatable bonds is 5. The minimum atomic E-state index is -2.43. The third kappa shape index (κ3) is 3.71. The number of hydrogen-bond acceptors (Lipinski definition) is 2. The second kappa shape index (κ2) is 9.66. The molecule has 5 rings (SSSR count). The van der Waals surface area contributed by atoms with E-state index in [9.17, 15) is 10.5 Å². The Labute approximate surface area is 214 Å². The Kier molecular flexibility index (Phi) is 6.26. The van der Waals surface area contributed by atoms with Gasteiger partial charge in [-0.25, -0.2) is 0 Å². The lowest BCUT2D eigenvalue weighted by Crippen LogP contribution is -2.32. The van der Waals surface area contributed by atoms with Crippen molar-refractivity contribution in [3.05, 3.63) is 143 Å². The van der Waals surface area contributed by atoms with Crippen LogP contribution in [0.5, 0.6) is 0 Å². The van der Waals surface area contributed by atoms with Crippen LogP contribution in [0.1, 0.15) is 40.3 Å². The van der Waals surface area contributed by atoms with Gasteiger partial charge in [-0.2, -0.15) is 10.5 Å². The molecule has 0 amide bonds. The summed E-state index contributed by atoms with van der Waals surface area (Å²) in [5.74, 6) is 0. The van der Waals surface area contributed by atoms with E-state index in [4.69, 9.17) is 0 Å². The van der Waals surface area contributed by atoms with E-state index >= 15 is 0 Å². The second-order valence-corrected chi connectivity index (χ2v) is 13.6. The van der Waals surface area contributed by atoms with Gasteiger partial charge in [0.1, 0.15) is 8.07 Å². The van der Waals surface area contributed by atoms with E-state index in [-0.39, 0.29) is 0 Å². The smallest absolute Gasteiger partial charge is 0.118 e. The maximum Gasteiger partial charge on any atom is 0.118 e. The molecule has 1 aliphatic rings. The van der Waals surface area contributed by atoms with Crippen LogP contribution in [0.4, 0.5) is 0 Å². The molecule has 0 bridgehead atoms. The van der Waals surface area contributed by atoms with Crippen molar-refractivity contribution in [2.45, 2.75) is 19.5 Å². The quantitative estimate of drug-likeness (QED) is 0.272. The fourth-order valence-electron chi connectivity index (χ4n) is 5.53. The molecule has 2 nitrogen and oxygen atoms in total. The van der Waals surface area contributed by atoms with Crippen LogP contribution in [0.3, 0.4) is 0 Å². The van der Waals surface area contributed by atoms with Crippen molar-refractivity contribution in [3.8, 4) is 12.1 Å². The van der Waals surface area contributed by atoms with Crippen molar-refractivity contribution in [1.82, 2.24) is 0 Å². The van der Waals surface area contributed by atoms with Crippen molar-refractivity contribution in [1.29, 1.82) is 10.5 Å². The summed E-state index contributed by atoms with van der Waals surface area (Å²) in [6, 6.07) is 42.8. The number of benzene rings is 4. The molecule has 0 saturated heterocycles. The highest BCUT2D eigenvalue weighted by atomic mass is 28.3. The largest absolute Gasteiger partial charge is 0.192 e. The summed E-state index contributed by atoms with van der Waals surface area (Å²) in [6.07, 6.45) is 0. The van der Waals surface area contributed by atoms with Crippen LogP contribution in [0.25, 0.3) is 21.5 Å². The van der Waals surface area contributed by atoms with E-state index in [2.05, 4.69) is 86.3 Å². The molecule has 0 aromatic heterocycles. The van der Waals surface area contributed by atoms with Crippen molar-refractivity contribution in [3.63, 3.8) is 0 Å². The molecule has 172 valence electrons. The molecule has 1 aliphatic heterocycles. The summed E-state index contributed by atoms with van der Waals surface area (Å²) in [5, 5.41) is 22.8. The first-order valence-corrected chi connectivity index (χ1v) is 14.9. The molecular formula is C33H26N2Si. The molecule has 0 aliphatic carbocycles. The molecule has 1 heterocycles. The molecule has 0 radical (unpaired) electrons. The third-order valence-electron chi connectivity index (χ3n) is 7.32. The van der Waals surface area contributed by atoms with Gasteiger partial charge in [0.15, 0.2) is 0 Å². The number of nitrogens with zero attached hydrogens (tertiary/aromatic N) is 2. The molecule has 4 aromatic rings. The lowest BCUT2D eigenvalue weighted by atomic mass is 9.88. The topological polar surface area (TPSA) is 47.6 Å². The zero-order valence-electron chi connectivity index (χ0n) is 20.5. The Morgan fingerprint density at radius 2 is 0.917 bits per heavy atom. The van der Waals surface area contributed by atoms with E-state index < -0.39 is 8.07 Å². The Balaban J connectivity index is 2.01. The lowest BCUT2D eigenvalue weighted by molar-refractivity contribution is 1.39. The van der Waals surface area contributed by atoms with E-state index in [1.165, 1.54) is 21.5 Å². The van der Waals surface area contributed by atoms with Crippen molar-refractivity contribution < 1.29 is 0 Å². The fourth-order valence-corrected chi connectivity index (χ4v) is 9.75. The first kappa shape index (κ1) is 23.3. The van der Waals surface area contributed by atoms with Crippen LogP contribution < -0.4 is 0 Å². The molecule has 36 heavy (non-hydrogen) atoms. The van der Waals surface area contributed by atoms with E-state index in [0.717, 1.165) is 28.3 Å². The van der Waals surface area contributed by atoms with Gasteiger partial charge in [0.2, 0.25) is 0 Å². The summed E-state index contributed by atoms with van der Waals surface area (Å²) in [5.41, 5.74) is 8.03. The van der Waals surface area contributed by atoms with Crippen LogP contribution in [0, 0.1) is 22.7 Å². The average Bonchev–Trinajstić information content (AvgIpc) is 3.23. The predicted molar refractivity (Wildman–Crippen MR) is 151 cm³/mol. The lowest BCUT2D eigenvalue weighted by Gasteiger charge is -2.30. The van der Waals surface area contributed by atoms with Crippen LogP contribution >= 0.6 is 0 Å². The van der Waals surface area contributed by atoms with Gasteiger partial charge in [0.25, 0.3) is 0 Å². The van der Waals surface area contributed by atoms with Crippen LogP contribution in [0.15, 0.2) is 109 Å². The average molecular weight is 479 g/mol. The van der Waals surface area contributed by atoms with Gasteiger partial charge in [0, 0.05) is 0 Å². The molecule has 0 unspecified atom stereocenters. The maximum absolute atomic E-state index is 10.1. The molecule has 0 spiro atoms. The van der Waals surface area contributed by atoms with Gasteiger partial charge < -0.3 is 0 Å². The number of hydrogen-bond donors (Lipinski definition) is 0. The van der Waals surface area contributed by atoms with Crippen molar-refractivity contribution in [2.75, 3.05) is 0 Å². The Morgan fingerprint density at radius 1 is 0.556 bits per heavy atom. The monoisotopic (exact) mass is 478 g/mol. The molecule has 3 heteroatoms. The van der Waals surface area contributed by atoms with Crippen LogP contribution in [-0.4, -0.2) is 8.07 Å². The van der Waals surface area contributed by atoms with Crippen LogP contribution in [-0.2, 0) is 0 Å². The SMILES string of the molecule is CC[Si]1(C)C(c2ccccc2C#N)=C(c2ccccc2)C(c2ccccc2)=C1c1ccccc1C#N.